The molecule has 1 amide bonds. The summed E-state index contributed by atoms with van der Waals surface area (Å²) in [5.41, 5.74) is 5.38. The first-order valence-electron chi connectivity index (χ1n) is 9.80. The molecule has 3 saturated heterocycles. The molecule has 0 aliphatic carbocycles. The first kappa shape index (κ1) is 18.5. The van der Waals surface area contributed by atoms with Gasteiger partial charge in [-0.2, -0.15) is 0 Å². The molecule has 4 N–H and O–H groups in total. The number of guanidine groups is 1. The van der Waals surface area contributed by atoms with Crippen molar-refractivity contribution in [2.75, 3.05) is 33.2 Å². The smallest absolute Gasteiger partial charge is 0.220 e. The Morgan fingerprint density at radius 2 is 2.04 bits per heavy atom. The maximum atomic E-state index is 11.2. The van der Waals surface area contributed by atoms with Gasteiger partial charge >= 0.3 is 0 Å². The second-order valence-corrected chi connectivity index (χ2v) is 7.58. The lowest BCUT2D eigenvalue weighted by molar-refractivity contribution is -0.123. The van der Waals surface area contributed by atoms with E-state index in [-0.39, 0.29) is 11.8 Å². The Morgan fingerprint density at radius 1 is 1.24 bits per heavy atom. The summed E-state index contributed by atoms with van der Waals surface area (Å²) in [7, 11) is 1.83. The van der Waals surface area contributed by atoms with Gasteiger partial charge in [-0.15, -0.1) is 0 Å². The van der Waals surface area contributed by atoms with Crippen LogP contribution in [0.2, 0.25) is 0 Å². The monoisotopic (exact) mass is 351 g/mol. The highest BCUT2D eigenvalue weighted by Crippen LogP contribution is 2.34. The van der Waals surface area contributed by atoms with E-state index in [0.29, 0.717) is 18.2 Å². The third-order valence-corrected chi connectivity index (χ3v) is 5.84. The molecule has 0 aromatic carbocycles. The van der Waals surface area contributed by atoms with E-state index < -0.39 is 0 Å². The van der Waals surface area contributed by atoms with Crippen LogP contribution in [0.3, 0.4) is 0 Å². The number of amides is 1. The highest BCUT2D eigenvalue weighted by Gasteiger charge is 2.41. The van der Waals surface area contributed by atoms with Crippen LogP contribution < -0.4 is 16.4 Å². The summed E-state index contributed by atoms with van der Waals surface area (Å²) < 4.78 is 5.88. The fraction of sp³-hybridized carbons (Fsp3) is 0.889. The third-order valence-electron chi connectivity index (χ3n) is 5.84. The number of carbonyl (C=O) groups excluding carboxylic acids is 1. The molecule has 0 radical (unpaired) electrons. The summed E-state index contributed by atoms with van der Waals surface area (Å²) in [6.45, 7) is 4.02. The standard InChI is InChI=1S/C18H33N5O2/c1-20-18(22-15-12-14-4-5-16(15)25-14)21-8-2-3-9-23-10-6-13(7-11-23)17(19)24/h13-16H,2-12H2,1H3,(H2,19,24)(H2,20,21,22). The number of fused-ring (bicyclic) bond motifs is 2. The molecule has 3 aliphatic rings. The zero-order chi connectivity index (χ0) is 17.6. The van der Waals surface area contributed by atoms with Gasteiger partial charge in [-0.05, 0) is 64.6 Å². The first-order chi connectivity index (χ1) is 12.2. The van der Waals surface area contributed by atoms with E-state index in [0.717, 1.165) is 64.2 Å². The molecule has 7 heteroatoms. The molecule has 0 aromatic rings. The Morgan fingerprint density at radius 3 is 2.64 bits per heavy atom. The van der Waals surface area contributed by atoms with E-state index in [1.807, 2.05) is 7.05 Å². The van der Waals surface area contributed by atoms with Gasteiger partial charge in [0.25, 0.3) is 0 Å². The maximum Gasteiger partial charge on any atom is 0.220 e. The summed E-state index contributed by atoms with van der Waals surface area (Å²) in [5.74, 6) is 0.842. The number of carbonyl (C=O) groups is 1. The number of aliphatic imine (C=N–C) groups is 1. The molecule has 3 fully saturated rings. The van der Waals surface area contributed by atoms with Gasteiger partial charge in [0.15, 0.2) is 5.96 Å². The number of hydrogen-bond acceptors (Lipinski definition) is 4. The van der Waals surface area contributed by atoms with E-state index in [4.69, 9.17) is 10.5 Å². The van der Waals surface area contributed by atoms with Crippen molar-refractivity contribution in [3.8, 4) is 0 Å². The van der Waals surface area contributed by atoms with Crippen LogP contribution in [0.5, 0.6) is 0 Å². The molecule has 0 aromatic heterocycles. The van der Waals surface area contributed by atoms with Crippen molar-refractivity contribution in [2.24, 2.45) is 16.6 Å². The average molecular weight is 351 g/mol. The molecule has 2 bridgehead atoms. The SMILES string of the molecule is CN=C(NCCCCN1CCC(C(N)=O)CC1)NC1CC2CCC1O2. The first-order valence-corrected chi connectivity index (χ1v) is 9.80. The minimum atomic E-state index is -0.136. The van der Waals surface area contributed by atoms with Crippen LogP contribution in [0.1, 0.15) is 44.9 Å². The summed E-state index contributed by atoms with van der Waals surface area (Å²) in [6.07, 6.45) is 8.41. The lowest BCUT2D eigenvalue weighted by Crippen LogP contribution is -2.47. The van der Waals surface area contributed by atoms with Crippen LogP contribution in [0, 0.1) is 5.92 Å². The Kier molecular flexibility index (Phi) is 6.53. The predicted molar refractivity (Wildman–Crippen MR) is 98.4 cm³/mol. The van der Waals surface area contributed by atoms with E-state index in [1.165, 1.54) is 12.8 Å². The minimum Gasteiger partial charge on any atom is -0.373 e. The Balaban J connectivity index is 1.25. The van der Waals surface area contributed by atoms with Gasteiger partial charge in [-0.3, -0.25) is 9.79 Å². The van der Waals surface area contributed by atoms with Crippen molar-refractivity contribution >= 4 is 11.9 Å². The molecule has 3 atom stereocenters. The second-order valence-electron chi connectivity index (χ2n) is 7.58. The maximum absolute atomic E-state index is 11.2. The molecular weight excluding hydrogens is 318 g/mol. The molecule has 142 valence electrons. The number of likely N-dealkylation sites (tertiary alicyclic amines) is 1. The van der Waals surface area contributed by atoms with Crippen molar-refractivity contribution in [1.82, 2.24) is 15.5 Å². The molecule has 7 nitrogen and oxygen atoms in total. The topological polar surface area (TPSA) is 92.0 Å². The lowest BCUT2D eigenvalue weighted by atomic mass is 9.96. The second kappa shape index (κ2) is 8.85. The number of unbranched alkanes of at least 4 members (excludes halogenated alkanes) is 1. The Labute approximate surface area is 150 Å². The quantitative estimate of drug-likeness (QED) is 0.352. The van der Waals surface area contributed by atoms with E-state index in [1.54, 1.807) is 0 Å². The van der Waals surface area contributed by atoms with Gasteiger partial charge < -0.3 is 26.0 Å². The molecule has 3 aliphatic heterocycles. The molecular formula is C18H33N5O2. The molecule has 3 heterocycles. The van der Waals surface area contributed by atoms with Crippen molar-refractivity contribution in [2.45, 2.75) is 63.2 Å². The zero-order valence-corrected chi connectivity index (χ0v) is 15.4. The number of rotatable bonds is 7. The number of hydrogen-bond donors (Lipinski definition) is 3. The van der Waals surface area contributed by atoms with Crippen LogP contribution in [-0.2, 0) is 9.53 Å². The largest absolute Gasteiger partial charge is 0.373 e. The predicted octanol–water partition coefficient (Wildman–Crippen LogP) is 0.449. The van der Waals surface area contributed by atoms with Crippen LogP contribution in [0.25, 0.3) is 0 Å². The van der Waals surface area contributed by atoms with Gasteiger partial charge in [0, 0.05) is 19.5 Å². The summed E-state index contributed by atoms with van der Waals surface area (Å²) in [4.78, 5) is 18.0. The van der Waals surface area contributed by atoms with Crippen LogP contribution >= 0.6 is 0 Å². The van der Waals surface area contributed by atoms with E-state index in [9.17, 15) is 4.79 Å². The summed E-state index contributed by atoms with van der Waals surface area (Å²) >= 11 is 0. The van der Waals surface area contributed by atoms with Crippen LogP contribution in [-0.4, -0.2) is 68.2 Å². The van der Waals surface area contributed by atoms with Gasteiger partial charge in [0.2, 0.25) is 5.91 Å². The summed E-state index contributed by atoms with van der Waals surface area (Å²) in [5, 5.41) is 6.93. The normalized spacial score (nSPS) is 30.6. The fourth-order valence-electron chi connectivity index (χ4n) is 4.27. The molecule has 0 spiro atoms. The Bertz CT molecular complexity index is 476. The number of piperidine rings is 1. The van der Waals surface area contributed by atoms with Crippen molar-refractivity contribution in [3.63, 3.8) is 0 Å². The fourth-order valence-corrected chi connectivity index (χ4v) is 4.27. The van der Waals surface area contributed by atoms with E-state index in [2.05, 4.69) is 20.5 Å². The van der Waals surface area contributed by atoms with Crippen molar-refractivity contribution < 1.29 is 9.53 Å². The van der Waals surface area contributed by atoms with Crippen LogP contribution in [0.15, 0.2) is 4.99 Å². The van der Waals surface area contributed by atoms with Crippen molar-refractivity contribution in [3.05, 3.63) is 0 Å². The van der Waals surface area contributed by atoms with Gasteiger partial charge in [-0.25, -0.2) is 0 Å². The molecule has 3 rings (SSSR count). The van der Waals surface area contributed by atoms with Crippen LogP contribution in [0.4, 0.5) is 0 Å². The minimum absolute atomic E-state index is 0.0853. The number of primary amides is 1. The lowest BCUT2D eigenvalue weighted by Gasteiger charge is -2.30. The zero-order valence-electron chi connectivity index (χ0n) is 15.4. The highest BCUT2D eigenvalue weighted by atomic mass is 16.5. The molecule has 3 unspecified atom stereocenters. The van der Waals surface area contributed by atoms with E-state index >= 15 is 0 Å². The number of ether oxygens (including phenoxy) is 1. The highest BCUT2D eigenvalue weighted by molar-refractivity contribution is 5.80. The number of nitrogens with one attached hydrogen (secondary N) is 2. The van der Waals surface area contributed by atoms with Crippen molar-refractivity contribution in [1.29, 1.82) is 0 Å². The van der Waals surface area contributed by atoms with Gasteiger partial charge in [0.1, 0.15) is 0 Å². The molecule has 0 saturated carbocycles. The average Bonchev–Trinajstić information content (AvgIpc) is 3.23. The summed E-state index contributed by atoms with van der Waals surface area (Å²) in [6, 6.07) is 0.413. The van der Waals surface area contributed by atoms with Gasteiger partial charge in [0.05, 0.1) is 18.2 Å². The number of nitrogens with zero attached hydrogens (tertiary/aromatic N) is 2. The Hall–Kier alpha value is -1.34. The molecule has 25 heavy (non-hydrogen) atoms. The van der Waals surface area contributed by atoms with Gasteiger partial charge in [-0.1, -0.05) is 0 Å². The third kappa shape index (κ3) is 5.07. The number of nitrogens with two attached hydrogens (primary N) is 1.